The number of hydrogen-bond acceptors (Lipinski definition) is 5. The van der Waals surface area contributed by atoms with Gasteiger partial charge in [0.15, 0.2) is 5.82 Å². The van der Waals surface area contributed by atoms with Gasteiger partial charge in [-0.2, -0.15) is 0 Å². The molecular formula is C24H26ClFN6. The second-order valence-electron chi connectivity index (χ2n) is 9.64. The largest absolute Gasteiger partial charge is 0.355 e. The van der Waals surface area contributed by atoms with Crippen molar-refractivity contribution in [3.63, 3.8) is 0 Å². The van der Waals surface area contributed by atoms with E-state index >= 15 is 0 Å². The van der Waals surface area contributed by atoms with Gasteiger partial charge in [-0.15, -0.1) is 10.2 Å². The van der Waals surface area contributed by atoms with Gasteiger partial charge in [0.1, 0.15) is 18.3 Å². The Morgan fingerprint density at radius 1 is 1.16 bits per heavy atom. The summed E-state index contributed by atoms with van der Waals surface area (Å²) < 4.78 is 15.7. The third-order valence-electron chi connectivity index (χ3n) is 7.35. The number of rotatable bonds is 4. The van der Waals surface area contributed by atoms with Crippen LogP contribution in [0.4, 0.5) is 10.2 Å². The fraction of sp³-hybridized carbons (Fsp3) is 0.458. The van der Waals surface area contributed by atoms with E-state index in [-0.39, 0.29) is 6.04 Å². The highest BCUT2D eigenvalue weighted by Gasteiger charge is 2.54. The molecule has 1 aromatic carbocycles. The summed E-state index contributed by atoms with van der Waals surface area (Å²) in [5.74, 6) is 3.35. The number of pyridine rings is 1. The summed E-state index contributed by atoms with van der Waals surface area (Å²) in [5, 5.41) is 9.89. The monoisotopic (exact) mass is 452 g/mol. The molecule has 1 saturated carbocycles. The molecule has 2 aromatic heterocycles. The Morgan fingerprint density at radius 2 is 2.00 bits per heavy atom. The van der Waals surface area contributed by atoms with Crippen molar-refractivity contribution < 1.29 is 4.39 Å². The van der Waals surface area contributed by atoms with Crippen LogP contribution in [0.15, 0.2) is 42.6 Å². The van der Waals surface area contributed by atoms with Crippen LogP contribution in [0.3, 0.4) is 0 Å². The van der Waals surface area contributed by atoms with E-state index in [2.05, 4.69) is 41.7 Å². The Balaban J connectivity index is 1.26. The number of halogens is 2. The zero-order valence-corrected chi connectivity index (χ0v) is 18.8. The molecule has 2 fully saturated rings. The van der Waals surface area contributed by atoms with E-state index in [0.29, 0.717) is 29.4 Å². The van der Waals surface area contributed by atoms with Crippen molar-refractivity contribution in [1.82, 2.24) is 24.6 Å². The van der Waals surface area contributed by atoms with Gasteiger partial charge in [0, 0.05) is 48.2 Å². The topological polar surface area (TPSA) is 50.1 Å². The van der Waals surface area contributed by atoms with E-state index in [0.717, 1.165) is 54.6 Å². The Kier molecular flexibility index (Phi) is 4.73. The van der Waals surface area contributed by atoms with Crippen molar-refractivity contribution in [2.75, 3.05) is 24.7 Å². The molecule has 0 amide bonds. The minimum Gasteiger partial charge on any atom is -0.355 e. The summed E-state index contributed by atoms with van der Waals surface area (Å²) in [6.07, 6.45) is 4.08. The molecule has 1 unspecified atom stereocenters. The maximum atomic E-state index is 13.5. The second-order valence-corrected chi connectivity index (χ2v) is 10.1. The highest BCUT2D eigenvalue weighted by atomic mass is 35.5. The number of alkyl halides is 1. The van der Waals surface area contributed by atoms with Gasteiger partial charge in [-0.1, -0.05) is 17.7 Å². The summed E-state index contributed by atoms with van der Waals surface area (Å²) >= 11 is 6.32. The van der Waals surface area contributed by atoms with E-state index in [1.807, 2.05) is 37.4 Å². The molecule has 0 N–H and O–H groups in total. The van der Waals surface area contributed by atoms with E-state index in [1.54, 1.807) is 0 Å². The Labute approximate surface area is 192 Å². The molecule has 3 aliphatic rings. The predicted molar refractivity (Wildman–Crippen MR) is 122 cm³/mol. The molecule has 0 radical (unpaired) electrons. The summed E-state index contributed by atoms with van der Waals surface area (Å²) in [6.45, 7) is 4.85. The average Bonchev–Trinajstić information content (AvgIpc) is 3.07. The quantitative estimate of drug-likeness (QED) is 0.588. The molecular weight excluding hydrogens is 427 g/mol. The molecule has 0 bridgehead atoms. The molecule has 8 heteroatoms. The predicted octanol–water partition coefficient (Wildman–Crippen LogP) is 4.37. The van der Waals surface area contributed by atoms with E-state index in [9.17, 15) is 4.39 Å². The number of anilines is 1. The van der Waals surface area contributed by atoms with Gasteiger partial charge in [0.25, 0.3) is 0 Å². The first-order valence-corrected chi connectivity index (χ1v) is 11.6. The lowest BCUT2D eigenvalue weighted by atomic mass is 9.57. The van der Waals surface area contributed by atoms with Gasteiger partial charge in [0.2, 0.25) is 0 Å². The first-order chi connectivity index (χ1) is 15.5. The molecule has 1 saturated heterocycles. The van der Waals surface area contributed by atoms with Crippen molar-refractivity contribution in [2.24, 2.45) is 5.41 Å². The highest BCUT2D eigenvalue weighted by Crippen LogP contribution is 2.56. The summed E-state index contributed by atoms with van der Waals surface area (Å²) in [5.41, 5.74) is 2.52. The Morgan fingerprint density at radius 3 is 2.75 bits per heavy atom. The molecule has 1 atom stereocenters. The lowest BCUT2D eigenvalue weighted by molar-refractivity contribution is 0.0581. The minimum atomic E-state index is -0.394. The van der Waals surface area contributed by atoms with E-state index < -0.39 is 6.67 Å². The maximum absolute atomic E-state index is 13.5. The van der Waals surface area contributed by atoms with Crippen molar-refractivity contribution in [3.8, 4) is 5.69 Å². The standard InChI is InChI=1S/C24H26ClFN6/c1-16(11-26)30-12-17-8-19(25)5-6-20(17)32-22(13-30)28-29-23(32)18-9-24(10-18)14-31(15-24)21-4-2-3-7-27-21/h2-8,16,18H,9-15H2,1H3. The van der Waals surface area contributed by atoms with Crippen LogP contribution in [0.25, 0.3) is 5.69 Å². The second kappa shape index (κ2) is 7.52. The zero-order valence-electron chi connectivity index (χ0n) is 18.1. The normalized spacial score (nSPS) is 20.8. The number of aromatic nitrogens is 4. The van der Waals surface area contributed by atoms with Gasteiger partial charge < -0.3 is 4.90 Å². The van der Waals surface area contributed by atoms with Gasteiger partial charge in [0.05, 0.1) is 12.2 Å². The molecule has 32 heavy (non-hydrogen) atoms. The molecule has 6 rings (SSSR count). The molecule has 166 valence electrons. The van der Waals surface area contributed by atoms with Crippen molar-refractivity contribution in [2.45, 2.75) is 44.8 Å². The molecule has 1 aliphatic carbocycles. The SMILES string of the molecule is CC(CF)N1Cc2cc(Cl)ccc2-n2c(nnc2C2CC3(C2)CN(c2ccccn2)C3)C1. The Bertz CT molecular complexity index is 1130. The molecule has 6 nitrogen and oxygen atoms in total. The van der Waals surface area contributed by atoms with E-state index in [4.69, 9.17) is 11.6 Å². The fourth-order valence-corrected chi connectivity index (χ4v) is 5.81. The number of fused-ring (bicyclic) bond motifs is 3. The third kappa shape index (κ3) is 3.21. The molecule has 3 aromatic rings. The zero-order chi connectivity index (χ0) is 21.9. The number of hydrogen-bond donors (Lipinski definition) is 0. The maximum Gasteiger partial charge on any atom is 0.151 e. The van der Waals surface area contributed by atoms with Crippen molar-refractivity contribution in [3.05, 3.63) is 64.8 Å². The van der Waals surface area contributed by atoms with Crippen LogP contribution >= 0.6 is 11.6 Å². The number of benzene rings is 1. The van der Waals surface area contributed by atoms with Gasteiger partial charge >= 0.3 is 0 Å². The highest BCUT2D eigenvalue weighted by molar-refractivity contribution is 6.30. The summed E-state index contributed by atoms with van der Waals surface area (Å²) in [6, 6.07) is 11.8. The first-order valence-electron chi connectivity index (χ1n) is 11.2. The average molecular weight is 453 g/mol. The van der Waals surface area contributed by atoms with E-state index in [1.165, 1.54) is 0 Å². The van der Waals surface area contributed by atoms with Crippen LogP contribution in [0.1, 0.15) is 42.9 Å². The van der Waals surface area contributed by atoms with Gasteiger partial charge in [-0.05, 0) is 55.7 Å². The molecule has 2 aliphatic heterocycles. The van der Waals surface area contributed by atoms with Crippen LogP contribution in [0.2, 0.25) is 5.02 Å². The van der Waals surface area contributed by atoms with Crippen LogP contribution < -0.4 is 4.90 Å². The van der Waals surface area contributed by atoms with Crippen molar-refractivity contribution in [1.29, 1.82) is 0 Å². The smallest absolute Gasteiger partial charge is 0.151 e. The minimum absolute atomic E-state index is 0.187. The third-order valence-corrected chi connectivity index (χ3v) is 7.59. The lowest BCUT2D eigenvalue weighted by Gasteiger charge is -2.59. The van der Waals surface area contributed by atoms with Crippen LogP contribution in [-0.2, 0) is 13.1 Å². The lowest BCUT2D eigenvalue weighted by Crippen LogP contribution is -2.62. The van der Waals surface area contributed by atoms with Crippen LogP contribution in [0.5, 0.6) is 0 Å². The van der Waals surface area contributed by atoms with Crippen LogP contribution in [0, 0.1) is 5.41 Å². The first kappa shape index (κ1) is 20.1. The van der Waals surface area contributed by atoms with Crippen LogP contribution in [-0.4, -0.2) is 50.5 Å². The van der Waals surface area contributed by atoms with Gasteiger partial charge in [-0.3, -0.25) is 9.47 Å². The fourth-order valence-electron chi connectivity index (χ4n) is 5.62. The molecule has 1 spiro atoms. The molecule has 4 heterocycles. The van der Waals surface area contributed by atoms with Crippen molar-refractivity contribution >= 4 is 17.4 Å². The van der Waals surface area contributed by atoms with Gasteiger partial charge in [-0.25, -0.2) is 9.37 Å². The number of nitrogens with zero attached hydrogens (tertiary/aromatic N) is 6. The summed E-state index contributed by atoms with van der Waals surface area (Å²) in [4.78, 5) is 8.95. The Hall–Kier alpha value is -2.51. The summed E-state index contributed by atoms with van der Waals surface area (Å²) in [7, 11) is 0.